The van der Waals surface area contributed by atoms with Crippen LogP contribution in [0.3, 0.4) is 0 Å². The summed E-state index contributed by atoms with van der Waals surface area (Å²) in [6.07, 6.45) is 0. The summed E-state index contributed by atoms with van der Waals surface area (Å²) in [5.74, 6) is -0.442. The monoisotopic (exact) mass is 309 g/mol. The minimum absolute atomic E-state index is 0.153. The van der Waals surface area contributed by atoms with Gasteiger partial charge in [-0.05, 0) is 36.8 Å². The Morgan fingerprint density at radius 1 is 1.14 bits per heavy atom. The van der Waals surface area contributed by atoms with Crippen LogP contribution < -0.4 is 10.5 Å². The van der Waals surface area contributed by atoms with Crippen molar-refractivity contribution in [2.24, 2.45) is 5.73 Å². The molecule has 0 amide bonds. The fraction of sp³-hybridized carbons (Fsp3) is 0.250. The molecule has 112 valence electrons. The highest BCUT2D eigenvalue weighted by atomic mass is 32.2. The van der Waals surface area contributed by atoms with E-state index in [1.54, 1.807) is 7.11 Å². The van der Waals surface area contributed by atoms with E-state index in [4.69, 9.17) is 10.5 Å². The third-order valence-electron chi connectivity index (χ3n) is 3.05. The van der Waals surface area contributed by atoms with Gasteiger partial charge in [-0.1, -0.05) is 12.1 Å². The Kier molecular flexibility index (Phi) is 5.20. The highest BCUT2D eigenvalue weighted by Gasteiger charge is 2.20. The molecule has 0 bridgehead atoms. The van der Waals surface area contributed by atoms with Crippen molar-refractivity contribution in [3.05, 3.63) is 59.7 Å². The lowest BCUT2D eigenvalue weighted by molar-refractivity contribution is 0.414. The number of thioether (sulfide) groups is 1. The zero-order valence-corrected chi connectivity index (χ0v) is 12.7. The highest BCUT2D eigenvalue weighted by molar-refractivity contribution is 7.99. The molecule has 0 heterocycles. The SMILES string of the molecule is COc1cccc(C(Sc2ccc(F)cc2F)C(C)N)c1. The summed E-state index contributed by atoms with van der Waals surface area (Å²) in [6, 6.07) is 10.9. The van der Waals surface area contributed by atoms with Crippen LogP contribution in [-0.4, -0.2) is 13.2 Å². The van der Waals surface area contributed by atoms with Gasteiger partial charge >= 0.3 is 0 Å². The predicted molar refractivity (Wildman–Crippen MR) is 81.6 cm³/mol. The van der Waals surface area contributed by atoms with Crippen LogP contribution >= 0.6 is 11.8 Å². The molecule has 0 fully saturated rings. The second-order valence-corrected chi connectivity index (χ2v) is 5.93. The maximum Gasteiger partial charge on any atom is 0.139 e. The Labute approximate surface area is 127 Å². The number of rotatable bonds is 5. The predicted octanol–water partition coefficient (Wildman–Crippen LogP) is 4.15. The van der Waals surface area contributed by atoms with E-state index >= 15 is 0 Å². The lowest BCUT2D eigenvalue weighted by Crippen LogP contribution is -2.22. The lowest BCUT2D eigenvalue weighted by Gasteiger charge is -2.21. The first-order chi connectivity index (χ1) is 10.0. The number of methoxy groups -OCH3 is 1. The first-order valence-electron chi connectivity index (χ1n) is 6.52. The van der Waals surface area contributed by atoms with Gasteiger partial charge in [-0.15, -0.1) is 11.8 Å². The molecule has 0 aromatic heterocycles. The number of halogens is 2. The molecule has 0 radical (unpaired) electrons. The highest BCUT2D eigenvalue weighted by Crippen LogP contribution is 2.39. The second-order valence-electron chi connectivity index (χ2n) is 4.75. The average molecular weight is 309 g/mol. The molecule has 2 N–H and O–H groups in total. The maximum atomic E-state index is 13.8. The van der Waals surface area contributed by atoms with Gasteiger partial charge in [-0.3, -0.25) is 0 Å². The van der Waals surface area contributed by atoms with Gasteiger partial charge in [0.25, 0.3) is 0 Å². The van der Waals surface area contributed by atoms with Gasteiger partial charge < -0.3 is 10.5 Å². The van der Waals surface area contributed by atoms with Gasteiger partial charge in [-0.25, -0.2) is 8.78 Å². The van der Waals surface area contributed by atoms with Crippen LogP contribution in [-0.2, 0) is 0 Å². The Bertz CT molecular complexity index is 619. The smallest absolute Gasteiger partial charge is 0.139 e. The molecule has 2 unspecified atom stereocenters. The molecule has 21 heavy (non-hydrogen) atoms. The van der Waals surface area contributed by atoms with E-state index in [2.05, 4.69) is 0 Å². The Morgan fingerprint density at radius 2 is 1.90 bits per heavy atom. The van der Waals surface area contributed by atoms with Crippen molar-refractivity contribution in [1.82, 2.24) is 0 Å². The van der Waals surface area contributed by atoms with Crippen molar-refractivity contribution in [3.63, 3.8) is 0 Å². The summed E-state index contributed by atoms with van der Waals surface area (Å²) in [5, 5.41) is -0.153. The summed E-state index contributed by atoms with van der Waals surface area (Å²) in [4.78, 5) is 0.376. The molecule has 0 aliphatic rings. The summed E-state index contributed by atoms with van der Waals surface area (Å²) in [6.45, 7) is 1.86. The van der Waals surface area contributed by atoms with E-state index in [1.807, 2.05) is 31.2 Å². The number of hydrogen-bond acceptors (Lipinski definition) is 3. The van der Waals surface area contributed by atoms with Crippen LogP contribution in [0.25, 0.3) is 0 Å². The fourth-order valence-corrected chi connectivity index (χ4v) is 3.09. The fourth-order valence-electron chi connectivity index (χ4n) is 2.00. The van der Waals surface area contributed by atoms with Crippen LogP contribution in [0.5, 0.6) is 5.75 Å². The first kappa shape index (κ1) is 15.8. The van der Waals surface area contributed by atoms with Gasteiger partial charge in [0.1, 0.15) is 17.4 Å². The number of hydrogen-bond donors (Lipinski definition) is 1. The van der Waals surface area contributed by atoms with Crippen LogP contribution in [0, 0.1) is 11.6 Å². The topological polar surface area (TPSA) is 35.2 Å². The van der Waals surface area contributed by atoms with E-state index < -0.39 is 11.6 Å². The lowest BCUT2D eigenvalue weighted by atomic mass is 10.1. The molecule has 0 aliphatic carbocycles. The van der Waals surface area contributed by atoms with Gasteiger partial charge in [0.05, 0.1) is 7.11 Å². The Hall–Kier alpha value is -1.59. The zero-order valence-electron chi connectivity index (χ0n) is 11.8. The van der Waals surface area contributed by atoms with E-state index in [0.717, 1.165) is 17.4 Å². The molecule has 2 aromatic carbocycles. The van der Waals surface area contributed by atoms with Crippen LogP contribution in [0.15, 0.2) is 47.4 Å². The van der Waals surface area contributed by atoms with Gasteiger partial charge in [0, 0.05) is 22.3 Å². The van der Waals surface area contributed by atoms with Crippen molar-refractivity contribution in [2.75, 3.05) is 7.11 Å². The summed E-state index contributed by atoms with van der Waals surface area (Å²) in [5.41, 5.74) is 6.97. The molecule has 0 aliphatic heterocycles. The summed E-state index contributed by atoms with van der Waals surface area (Å²) in [7, 11) is 1.59. The summed E-state index contributed by atoms with van der Waals surface area (Å²) < 4.78 is 32.0. The molecular weight excluding hydrogens is 292 g/mol. The normalized spacial score (nSPS) is 13.8. The number of nitrogens with two attached hydrogens (primary N) is 1. The van der Waals surface area contributed by atoms with E-state index in [1.165, 1.54) is 23.9 Å². The standard InChI is InChI=1S/C16H17F2NOS/c1-10(19)16(11-4-3-5-13(8-11)20-2)21-15-7-6-12(17)9-14(15)18/h3-10,16H,19H2,1-2H3. The van der Waals surface area contributed by atoms with E-state index in [-0.39, 0.29) is 11.3 Å². The molecule has 5 heteroatoms. The first-order valence-corrected chi connectivity index (χ1v) is 7.40. The van der Waals surface area contributed by atoms with Gasteiger partial charge in [-0.2, -0.15) is 0 Å². The second kappa shape index (κ2) is 6.91. The third-order valence-corrected chi connectivity index (χ3v) is 4.59. The maximum absolute atomic E-state index is 13.8. The molecular formula is C16H17F2NOS. The van der Waals surface area contributed by atoms with Crippen molar-refractivity contribution in [1.29, 1.82) is 0 Å². The molecule has 2 nitrogen and oxygen atoms in total. The molecule has 0 saturated heterocycles. The Morgan fingerprint density at radius 3 is 2.52 bits per heavy atom. The Balaban J connectivity index is 2.30. The van der Waals surface area contributed by atoms with Gasteiger partial charge in [0.2, 0.25) is 0 Å². The van der Waals surface area contributed by atoms with Crippen molar-refractivity contribution < 1.29 is 13.5 Å². The van der Waals surface area contributed by atoms with Crippen LogP contribution in [0.1, 0.15) is 17.7 Å². The number of benzene rings is 2. The van der Waals surface area contributed by atoms with Crippen LogP contribution in [0.4, 0.5) is 8.78 Å². The van der Waals surface area contributed by atoms with E-state index in [0.29, 0.717) is 4.90 Å². The largest absolute Gasteiger partial charge is 0.497 e. The van der Waals surface area contributed by atoms with E-state index in [9.17, 15) is 8.78 Å². The quantitative estimate of drug-likeness (QED) is 0.843. The molecule has 0 spiro atoms. The van der Waals surface area contributed by atoms with Crippen molar-refractivity contribution >= 4 is 11.8 Å². The van der Waals surface area contributed by atoms with Crippen molar-refractivity contribution in [3.8, 4) is 5.75 Å². The van der Waals surface area contributed by atoms with Crippen LogP contribution in [0.2, 0.25) is 0 Å². The van der Waals surface area contributed by atoms with Crippen molar-refractivity contribution in [2.45, 2.75) is 23.1 Å². The molecule has 0 saturated carbocycles. The summed E-state index contributed by atoms with van der Waals surface area (Å²) >= 11 is 1.28. The zero-order chi connectivity index (χ0) is 15.4. The third kappa shape index (κ3) is 3.95. The average Bonchev–Trinajstić information content (AvgIpc) is 2.46. The molecule has 2 aromatic rings. The minimum atomic E-state index is -0.587. The molecule has 2 atom stereocenters. The molecule has 2 rings (SSSR count). The van der Waals surface area contributed by atoms with Gasteiger partial charge in [0.15, 0.2) is 0 Å². The number of ether oxygens (including phenoxy) is 1. The minimum Gasteiger partial charge on any atom is -0.497 e.